The molecule has 0 unspecified atom stereocenters. The summed E-state index contributed by atoms with van der Waals surface area (Å²) < 4.78 is 0. The molecule has 0 saturated heterocycles. The minimum atomic E-state index is 0.0612. The molecule has 110 valence electrons. The molecule has 0 atom stereocenters. The average molecular weight is 301 g/mol. The number of rotatable bonds is 3. The Bertz CT molecular complexity index is 665. The Morgan fingerprint density at radius 3 is 2.52 bits per heavy atom. The number of likely N-dealkylation sites (N-methyl/N-ethyl adjacent to an activating group) is 1. The molecule has 2 heterocycles. The van der Waals surface area contributed by atoms with E-state index in [0.717, 1.165) is 35.7 Å². The molecular formula is C16H19N3OS. The second kappa shape index (κ2) is 5.50. The van der Waals surface area contributed by atoms with Crippen molar-refractivity contribution in [1.29, 1.82) is 0 Å². The normalized spacial score (nSPS) is 14.2. The van der Waals surface area contributed by atoms with Crippen LogP contribution in [0.2, 0.25) is 0 Å². The van der Waals surface area contributed by atoms with Gasteiger partial charge in [0.1, 0.15) is 0 Å². The highest BCUT2D eigenvalue weighted by Crippen LogP contribution is 2.41. The van der Waals surface area contributed by atoms with Crippen LogP contribution in [0.3, 0.4) is 0 Å². The molecule has 5 heteroatoms. The molecule has 0 bridgehead atoms. The third-order valence-electron chi connectivity index (χ3n) is 3.77. The third kappa shape index (κ3) is 2.43. The first-order chi connectivity index (χ1) is 10.1. The summed E-state index contributed by atoms with van der Waals surface area (Å²) in [6.07, 6.45) is 0. The van der Waals surface area contributed by atoms with E-state index in [1.54, 1.807) is 16.2 Å². The summed E-state index contributed by atoms with van der Waals surface area (Å²) in [5.74, 6) is 0.0612. The van der Waals surface area contributed by atoms with E-state index in [-0.39, 0.29) is 5.91 Å². The number of carbonyl (C=O) groups excluding carboxylic acids is 1. The molecule has 1 amide bonds. The van der Waals surface area contributed by atoms with E-state index < -0.39 is 0 Å². The molecular weight excluding hydrogens is 282 g/mol. The van der Waals surface area contributed by atoms with Gasteiger partial charge in [-0.3, -0.25) is 4.79 Å². The Morgan fingerprint density at radius 1 is 1.10 bits per heavy atom. The van der Waals surface area contributed by atoms with Crippen molar-refractivity contribution in [3.05, 3.63) is 40.6 Å². The summed E-state index contributed by atoms with van der Waals surface area (Å²) in [6, 6.07) is 8.09. The summed E-state index contributed by atoms with van der Waals surface area (Å²) in [5, 5.41) is 4.02. The fourth-order valence-electron chi connectivity index (χ4n) is 2.60. The smallest absolute Gasteiger partial charge is 0.261 e. The van der Waals surface area contributed by atoms with Gasteiger partial charge in [0.15, 0.2) is 0 Å². The second-order valence-corrected chi connectivity index (χ2v) is 6.22. The highest BCUT2D eigenvalue weighted by Gasteiger charge is 2.29. The van der Waals surface area contributed by atoms with Gasteiger partial charge in [0, 0.05) is 30.9 Å². The van der Waals surface area contributed by atoms with Crippen molar-refractivity contribution in [2.24, 2.45) is 0 Å². The first kappa shape index (κ1) is 14.1. The number of benzene rings is 1. The van der Waals surface area contributed by atoms with Crippen LogP contribution in [-0.4, -0.2) is 45.0 Å². The van der Waals surface area contributed by atoms with Crippen molar-refractivity contribution in [2.75, 3.05) is 44.0 Å². The van der Waals surface area contributed by atoms with Gasteiger partial charge in [-0.25, -0.2) is 0 Å². The summed E-state index contributed by atoms with van der Waals surface area (Å²) >= 11 is 1.58. The Kier molecular flexibility index (Phi) is 3.69. The summed E-state index contributed by atoms with van der Waals surface area (Å²) in [6.45, 7) is 1.79. The molecule has 1 aliphatic heterocycles. The first-order valence-corrected chi connectivity index (χ1v) is 7.89. The zero-order valence-electron chi connectivity index (χ0n) is 12.5. The van der Waals surface area contributed by atoms with E-state index in [4.69, 9.17) is 0 Å². The average Bonchev–Trinajstić information content (AvgIpc) is 2.92. The lowest BCUT2D eigenvalue weighted by Gasteiger charge is -2.27. The number of amides is 1. The monoisotopic (exact) mass is 301 g/mol. The predicted octanol–water partition coefficient (Wildman–Crippen LogP) is 3.04. The Morgan fingerprint density at radius 2 is 1.81 bits per heavy atom. The summed E-state index contributed by atoms with van der Waals surface area (Å²) in [4.78, 5) is 18.8. The summed E-state index contributed by atoms with van der Waals surface area (Å²) in [7, 11) is 5.98. The van der Waals surface area contributed by atoms with Crippen molar-refractivity contribution in [3.63, 3.8) is 0 Å². The molecule has 0 fully saturated rings. The Hall–Kier alpha value is -1.85. The van der Waals surface area contributed by atoms with E-state index >= 15 is 0 Å². The molecule has 4 nitrogen and oxygen atoms in total. The third-order valence-corrected chi connectivity index (χ3v) is 4.50. The zero-order chi connectivity index (χ0) is 15.0. The quantitative estimate of drug-likeness (QED) is 0.872. The van der Waals surface area contributed by atoms with Crippen molar-refractivity contribution in [1.82, 2.24) is 4.90 Å². The van der Waals surface area contributed by atoms with Crippen LogP contribution < -0.4 is 9.80 Å². The Balaban J connectivity index is 2.13. The van der Waals surface area contributed by atoms with Gasteiger partial charge in [0.05, 0.1) is 22.6 Å². The van der Waals surface area contributed by atoms with Crippen LogP contribution >= 0.6 is 11.3 Å². The van der Waals surface area contributed by atoms with Crippen LogP contribution in [0.1, 0.15) is 10.4 Å². The molecule has 1 aromatic heterocycles. The topological polar surface area (TPSA) is 26.8 Å². The first-order valence-electron chi connectivity index (χ1n) is 6.95. The van der Waals surface area contributed by atoms with Gasteiger partial charge >= 0.3 is 0 Å². The standard InChI is InChI=1S/C16H19N3OS/c1-17(2)8-9-19-14-7-5-4-6-13(14)18(3)16(20)12-10-21-11-15(12)19/h4-7,10-11H,8-9H2,1-3H3. The van der Waals surface area contributed by atoms with E-state index in [9.17, 15) is 4.79 Å². The van der Waals surface area contributed by atoms with Gasteiger partial charge in [-0.05, 0) is 26.2 Å². The molecule has 0 radical (unpaired) electrons. The number of hydrogen-bond donors (Lipinski definition) is 0. The van der Waals surface area contributed by atoms with E-state index in [1.807, 2.05) is 30.6 Å². The van der Waals surface area contributed by atoms with Crippen LogP contribution in [0.25, 0.3) is 0 Å². The molecule has 0 spiro atoms. The predicted molar refractivity (Wildman–Crippen MR) is 89.1 cm³/mol. The van der Waals surface area contributed by atoms with Crippen molar-refractivity contribution >= 4 is 34.3 Å². The van der Waals surface area contributed by atoms with E-state index in [2.05, 4.69) is 35.3 Å². The fraction of sp³-hybridized carbons (Fsp3) is 0.312. The molecule has 0 aliphatic carbocycles. The lowest BCUT2D eigenvalue weighted by molar-refractivity contribution is 0.0994. The van der Waals surface area contributed by atoms with E-state index in [0.29, 0.717) is 0 Å². The largest absolute Gasteiger partial charge is 0.337 e. The maximum Gasteiger partial charge on any atom is 0.261 e. The van der Waals surface area contributed by atoms with E-state index in [1.165, 1.54) is 0 Å². The lowest BCUT2D eigenvalue weighted by Crippen LogP contribution is -2.28. The van der Waals surface area contributed by atoms with Gasteiger partial charge in [-0.2, -0.15) is 0 Å². The van der Waals surface area contributed by atoms with Crippen LogP contribution in [0.5, 0.6) is 0 Å². The van der Waals surface area contributed by atoms with Gasteiger partial charge in [-0.15, -0.1) is 11.3 Å². The number of anilines is 3. The number of nitrogens with zero attached hydrogens (tertiary/aromatic N) is 3. The maximum atomic E-state index is 12.6. The number of carbonyl (C=O) groups is 1. The minimum absolute atomic E-state index is 0.0612. The Labute approximate surface area is 129 Å². The molecule has 1 aliphatic rings. The highest BCUT2D eigenvalue weighted by molar-refractivity contribution is 7.08. The van der Waals surface area contributed by atoms with Crippen LogP contribution in [0.4, 0.5) is 17.1 Å². The number of para-hydroxylation sites is 2. The maximum absolute atomic E-state index is 12.6. The zero-order valence-corrected chi connectivity index (χ0v) is 13.4. The summed E-state index contributed by atoms with van der Waals surface area (Å²) in [5.41, 5.74) is 3.86. The van der Waals surface area contributed by atoms with Crippen molar-refractivity contribution in [2.45, 2.75) is 0 Å². The van der Waals surface area contributed by atoms with Gasteiger partial charge in [0.2, 0.25) is 0 Å². The van der Waals surface area contributed by atoms with Crippen LogP contribution in [0, 0.1) is 0 Å². The molecule has 0 N–H and O–H groups in total. The lowest BCUT2D eigenvalue weighted by atomic mass is 10.2. The van der Waals surface area contributed by atoms with Gasteiger partial charge in [0.25, 0.3) is 5.91 Å². The highest BCUT2D eigenvalue weighted by atomic mass is 32.1. The minimum Gasteiger partial charge on any atom is -0.337 e. The van der Waals surface area contributed by atoms with Gasteiger partial charge in [-0.1, -0.05) is 12.1 Å². The van der Waals surface area contributed by atoms with Gasteiger partial charge < -0.3 is 14.7 Å². The second-order valence-electron chi connectivity index (χ2n) is 5.48. The fourth-order valence-corrected chi connectivity index (χ4v) is 3.40. The van der Waals surface area contributed by atoms with Crippen molar-refractivity contribution < 1.29 is 4.79 Å². The molecule has 2 aromatic rings. The SMILES string of the molecule is CN(C)CCN1c2cscc2C(=O)N(C)c2ccccc21. The van der Waals surface area contributed by atoms with Crippen molar-refractivity contribution in [3.8, 4) is 0 Å². The molecule has 1 aromatic carbocycles. The number of hydrogen-bond acceptors (Lipinski definition) is 4. The van der Waals surface area contributed by atoms with Crippen LogP contribution in [-0.2, 0) is 0 Å². The molecule has 0 saturated carbocycles. The van der Waals surface area contributed by atoms with Crippen LogP contribution in [0.15, 0.2) is 35.0 Å². The number of thiophene rings is 1. The number of fused-ring (bicyclic) bond motifs is 2. The molecule has 21 heavy (non-hydrogen) atoms. The molecule has 3 rings (SSSR count).